The van der Waals surface area contributed by atoms with Gasteiger partial charge in [-0.3, -0.25) is 0 Å². The topological polar surface area (TPSA) is 63.5 Å². The van der Waals surface area contributed by atoms with Gasteiger partial charge in [0.2, 0.25) is 0 Å². The molecule has 4 heteroatoms. The van der Waals surface area contributed by atoms with Gasteiger partial charge in [-0.15, -0.1) is 12.3 Å². The van der Waals surface area contributed by atoms with Gasteiger partial charge in [0.1, 0.15) is 0 Å². The van der Waals surface area contributed by atoms with Crippen LogP contribution in [0.5, 0.6) is 0 Å². The zero-order valence-corrected chi connectivity index (χ0v) is 7.47. The molecule has 1 unspecified atom stereocenters. The molecule has 0 fully saturated rings. The van der Waals surface area contributed by atoms with Crippen molar-refractivity contribution in [3.8, 4) is 0 Å². The molecule has 0 rings (SSSR count). The first-order valence-corrected chi connectivity index (χ1v) is 3.84. The van der Waals surface area contributed by atoms with Crippen LogP contribution in [0.3, 0.4) is 0 Å². The van der Waals surface area contributed by atoms with Crippen LogP contribution in [0, 0.1) is 0 Å². The third kappa shape index (κ3) is 24.6. The maximum atomic E-state index is 9.33. The maximum Gasteiger partial charge on any atom is 0.0867 e. The second-order valence-electron chi connectivity index (χ2n) is 1.69. The lowest BCUT2D eigenvalue weighted by atomic mass is 10.5. The van der Waals surface area contributed by atoms with Crippen LogP contribution < -0.4 is 5.11 Å². The molecule has 1 atom stereocenters. The zero-order valence-electron chi connectivity index (χ0n) is 5.88. The standard InChI is InChI=1S/C3H7BrO2.C3H6O/c4-1-3(6)2-5;1-3(2)4/h3,5-6H,1-2H2;4H,1H2,2H3/p-1. The van der Waals surface area contributed by atoms with Crippen LogP contribution in [-0.4, -0.2) is 28.3 Å². The van der Waals surface area contributed by atoms with E-state index in [-0.39, 0.29) is 12.4 Å². The van der Waals surface area contributed by atoms with E-state index < -0.39 is 6.10 Å². The summed E-state index contributed by atoms with van der Waals surface area (Å²) in [7, 11) is 0. The molecule has 0 aromatic heterocycles. The van der Waals surface area contributed by atoms with Crippen molar-refractivity contribution in [3.63, 3.8) is 0 Å². The fraction of sp³-hybridized carbons (Fsp3) is 0.667. The average molecular weight is 212 g/mol. The van der Waals surface area contributed by atoms with Gasteiger partial charge in [-0.05, 0) is 0 Å². The Morgan fingerprint density at radius 3 is 2.10 bits per heavy atom. The number of hydrogen-bond donors (Lipinski definition) is 2. The van der Waals surface area contributed by atoms with E-state index in [1.54, 1.807) is 0 Å². The Kier molecular flexibility index (Phi) is 11.3. The number of allylic oxidation sites excluding steroid dienone is 1. The highest BCUT2D eigenvalue weighted by atomic mass is 79.9. The Morgan fingerprint density at radius 2 is 2.10 bits per heavy atom. The van der Waals surface area contributed by atoms with Crippen LogP contribution in [0.25, 0.3) is 0 Å². The molecule has 0 saturated heterocycles. The van der Waals surface area contributed by atoms with E-state index in [2.05, 4.69) is 22.5 Å². The van der Waals surface area contributed by atoms with Crippen LogP contribution in [0.15, 0.2) is 12.3 Å². The number of halogens is 1. The van der Waals surface area contributed by atoms with Gasteiger partial charge in [-0.1, -0.05) is 22.9 Å². The van der Waals surface area contributed by atoms with Gasteiger partial charge in [-0.2, -0.15) is 0 Å². The highest BCUT2D eigenvalue weighted by molar-refractivity contribution is 9.09. The van der Waals surface area contributed by atoms with E-state index in [1.807, 2.05) is 0 Å². The molecule has 3 nitrogen and oxygen atoms in total. The molecular weight excluding hydrogens is 200 g/mol. The summed E-state index contributed by atoms with van der Waals surface area (Å²) >= 11 is 2.96. The van der Waals surface area contributed by atoms with Crippen molar-refractivity contribution < 1.29 is 15.3 Å². The molecule has 0 amide bonds. The fourth-order valence-corrected chi connectivity index (χ4v) is 0.254. The van der Waals surface area contributed by atoms with E-state index in [9.17, 15) is 5.11 Å². The normalized spacial score (nSPS) is 11.2. The summed E-state index contributed by atoms with van der Waals surface area (Å²) in [5.41, 5.74) is 0. The summed E-state index contributed by atoms with van der Waals surface area (Å²) in [6.45, 7) is 4.26. The molecule has 0 spiro atoms. The second-order valence-corrected chi connectivity index (χ2v) is 2.34. The zero-order chi connectivity index (χ0) is 8.57. The SMILES string of the molecule is C=C(C)[O-].OCC(O)CBr. The van der Waals surface area contributed by atoms with Gasteiger partial charge >= 0.3 is 0 Å². The van der Waals surface area contributed by atoms with Gasteiger partial charge in [0.25, 0.3) is 0 Å². The molecule has 0 heterocycles. The van der Waals surface area contributed by atoms with Gasteiger partial charge in [-0.25, -0.2) is 0 Å². The van der Waals surface area contributed by atoms with E-state index in [0.29, 0.717) is 5.33 Å². The third-order valence-corrected chi connectivity index (χ3v) is 1.14. The molecule has 0 aromatic carbocycles. The van der Waals surface area contributed by atoms with Crippen LogP contribution in [0.1, 0.15) is 6.92 Å². The first-order valence-electron chi connectivity index (χ1n) is 2.72. The molecule has 0 saturated carbocycles. The summed E-state index contributed by atoms with van der Waals surface area (Å²) in [5.74, 6) is -0.0833. The molecule has 10 heavy (non-hydrogen) atoms. The van der Waals surface area contributed by atoms with E-state index in [4.69, 9.17) is 10.2 Å². The second kappa shape index (κ2) is 8.94. The predicted molar refractivity (Wildman–Crippen MR) is 41.7 cm³/mol. The van der Waals surface area contributed by atoms with Crippen molar-refractivity contribution in [1.29, 1.82) is 0 Å². The first kappa shape index (κ1) is 12.6. The number of rotatable bonds is 2. The molecular formula is C6H12BrO3-. The lowest BCUT2D eigenvalue weighted by Gasteiger charge is -1.96. The average Bonchev–Trinajstić information content (AvgIpc) is 1.85. The van der Waals surface area contributed by atoms with Crippen molar-refractivity contribution >= 4 is 15.9 Å². The predicted octanol–water partition coefficient (Wildman–Crippen LogP) is -0.385. The molecule has 2 N–H and O–H groups in total. The third-order valence-electron chi connectivity index (χ3n) is 0.389. The Morgan fingerprint density at radius 1 is 1.80 bits per heavy atom. The summed E-state index contributed by atoms with van der Waals surface area (Å²) in [4.78, 5) is 0. The monoisotopic (exact) mass is 211 g/mol. The summed E-state index contributed by atoms with van der Waals surface area (Å²) in [5, 5.41) is 26.2. The van der Waals surface area contributed by atoms with Crippen LogP contribution in [0.2, 0.25) is 0 Å². The van der Waals surface area contributed by atoms with E-state index in [1.165, 1.54) is 6.92 Å². The Labute approximate surface area is 69.1 Å². The molecule has 0 aliphatic rings. The molecule has 0 radical (unpaired) electrons. The largest absolute Gasteiger partial charge is 0.876 e. The molecule has 0 bridgehead atoms. The minimum Gasteiger partial charge on any atom is -0.876 e. The van der Waals surface area contributed by atoms with Crippen molar-refractivity contribution in [2.45, 2.75) is 13.0 Å². The fourth-order valence-electron chi connectivity index (χ4n) is 0.0488. The van der Waals surface area contributed by atoms with Gasteiger partial charge in [0.05, 0.1) is 12.7 Å². The molecule has 0 aliphatic heterocycles. The van der Waals surface area contributed by atoms with E-state index in [0.717, 1.165) is 0 Å². The number of aliphatic hydroxyl groups is 2. The number of alkyl halides is 1. The maximum absolute atomic E-state index is 9.33. The summed E-state index contributed by atoms with van der Waals surface area (Å²) < 4.78 is 0. The van der Waals surface area contributed by atoms with Gasteiger partial charge in [0.15, 0.2) is 0 Å². The summed E-state index contributed by atoms with van der Waals surface area (Å²) in [6, 6.07) is 0. The molecule has 0 aliphatic carbocycles. The highest BCUT2D eigenvalue weighted by Crippen LogP contribution is 1.85. The lowest BCUT2D eigenvalue weighted by molar-refractivity contribution is -0.300. The number of aliphatic hydroxyl groups excluding tert-OH is 2. The van der Waals surface area contributed by atoms with Crippen molar-refractivity contribution in [3.05, 3.63) is 12.3 Å². The van der Waals surface area contributed by atoms with E-state index >= 15 is 0 Å². The minimum atomic E-state index is -0.593. The quantitative estimate of drug-likeness (QED) is 0.484. The van der Waals surface area contributed by atoms with Crippen molar-refractivity contribution in [2.24, 2.45) is 0 Å². The van der Waals surface area contributed by atoms with Gasteiger partial charge in [0, 0.05) is 5.33 Å². The number of hydrogen-bond acceptors (Lipinski definition) is 3. The molecule has 0 aromatic rings. The lowest BCUT2D eigenvalue weighted by Crippen LogP contribution is -2.12. The van der Waals surface area contributed by atoms with Gasteiger partial charge < -0.3 is 15.3 Å². The first-order chi connectivity index (χ1) is 4.54. The Hall–Kier alpha value is -0.0600. The van der Waals surface area contributed by atoms with Crippen LogP contribution >= 0.6 is 15.9 Å². The molecule has 62 valence electrons. The minimum absolute atomic E-state index is 0.0833. The highest BCUT2D eigenvalue weighted by Gasteiger charge is 1.93. The Bertz CT molecular complexity index is 77.1. The van der Waals surface area contributed by atoms with Crippen molar-refractivity contribution in [2.75, 3.05) is 11.9 Å². The van der Waals surface area contributed by atoms with Crippen LogP contribution in [0.4, 0.5) is 0 Å². The Balaban J connectivity index is 0. The van der Waals surface area contributed by atoms with Crippen LogP contribution in [-0.2, 0) is 0 Å². The summed E-state index contributed by atoms with van der Waals surface area (Å²) in [6.07, 6.45) is -0.593. The smallest absolute Gasteiger partial charge is 0.0867 e. The van der Waals surface area contributed by atoms with Crippen molar-refractivity contribution in [1.82, 2.24) is 0 Å².